The number of methoxy groups -OCH3 is 1. The van der Waals surface area contributed by atoms with Crippen LogP contribution in [0.4, 0.5) is 11.4 Å². The van der Waals surface area contributed by atoms with Crippen molar-refractivity contribution in [2.24, 2.45) is 0 Å². The smallest absolute Gasteiger partial charge is 0.0947 e. The maximum absolute atomic E-state index is 9.72. The SMILES string of the molecule is COCC(O)CN(C)c1cc2[nH]ncc2cc1N. The van der Waals surface area contributed by atoms with E-state index in [4.69, 9.17) is 10.5 Å². The Morgan fingerprint density at radius 2 is 2.33 bits per heavy atom. The zero-order valence-electron chi connectivity index (χ0n) is 10.6. The number of nitrogens with two attached hydrogens (primary N) is 1. The van der Waals surface area contributed by atoms with Crippen LogP contribution in [0, 0.1) is 0 Å². The molecule has 1 aromatic carbocycles. The van der Waals surface area contributed by atoms with Gasteiger partial charge >= 0.3 is 0 Å². The van der Waals surface area contributed by atoms with Crippen LogP contribution < -0.4 is 10.6 Å². The van der Waals surface area contributed by atoms with E-state index >= 15 is 0 Å². The number of hydrogen-bond donors (Lipinski definition) is 3. The number of aromatic amines is 1. The standard InChI is InChI=1S/C12H18N4O2/c1-16(6-9(17)7-18-2)12-4-11-8(3-10(12)13)5-14-15-11/h3-5,9,17H,6-7,13H2,1-2H3,(H,14,15). The van der Waals surface area contributed by atoms with Crippen molar-refractivity contribution in [1.29, 1.82) is 0 Å². The van der Waals surface area contributed by atoms with E-state index in [2.05, 4.69) is 10.2 Å². The monoisotopic (exact) mass is 250 g/mol. The zero-order chi connectivity index (χ0) is 13.1. The van der Waals surface area contributed by atoms with Crippen LogP contribution in [0.2, 0.25) is 0 Å². The molecule has 0 saturated carbocycles. The Kier molecular flexibility index (Phi) is 3.69. The maximum Gasteiger partial charge on any atom is 0.0947 e. The molecule has 1 atom stereocenters. The van der Waals surface area contributed by atoms with Crippen LogP contribution in [0.25, 0.3) is 10.9 Å². The fourth-order valence-corrected chi connectivity index (χ4v) is 1.99. The van der Waals surface area contributed by atoms with Crippen molar-refractivity contribution in [1.82, 2.24) is 10.2 Å². The van der Waals surface area contributed by atoms with Gasteiger partial charge < -0.3 is 20.5 Å². The van der Waals surface area contributed by atoms with E-state index in [0.29, 0.717) is 18.8 Å². The van der Waals surface area contributed by atoms with Gasteiger partial charge in [-0.15, -0.1) is 0 Å². The molecule has 0 amide bonds. The van der Waals surface area contributed by atoms with Gasteiger partial charge in [-0.3, -0.25) is 5.10 Å². The number of anilines is 2. The van der Waals surface area contributed by atoms with E-state index in [9.17, 15) is 5.11 Å². The number of likely N-dealkylation sites (N-methyl/N-ethyl adjacent to an activating group) is 1. The Balaban J connectivity index is 2.20. The third-order valence-corrected chi connectivity index (χ3v) is 2.84. The number of nitrogens with one attached hydrogen (secondary N) is 1. The summed E-state index contributed by atoms with van der Waals surface area (Å²) in [4.78, 5) is 1.90. The molecule has 4 N–H and O–H groups in total. The summed E-state index contributed by atoms with van der Waals surface area (Å²) in [5.41, 5.74) is 8.45. The fraction of sp³-hybridized carbons (Fsp3) is 0.417. The van der Waals surface area contributed by atoms with Gasteiger partial charge in [-0.25, -0.2) is 0 Å². The molecule has 0 saturated heterocycles. The van der Waals surface area contributed by atoms with Gasteiger partial charge in [-0.1, -0.05) is 0 Å². The van der Waals surface area contributed by atoms with Gasteiger partial charge in [0.25, 0.3) is 0 Å². The Labute approximate surface area is 105 Å². The molecule has 1 aromatic heterocycles. The molecule has 0 aliphatic carbocycles. The van der Waals surface area contributed by atoms with E-state index < -0.39 is 6.10 Å². The molecule has 0 aliphatic heterocycles. The average molecular weight is 250 g/mol. The lowest BCUT2D eigenvalue weighted by molar-refractivity contribution is 0.0695. The number of benzene rings is 1. The van der Waals surface area contributed by atoms with Crippen molar-refractivity contribution in [2.75, 3.05) is 37.9 Å². The molecule has 2 rings (SSSR count). The lowest BCUT2D eigenvalue weighted by Gasteiger charge is -2.23. The highest BCUT2D eigenvalue weighted by atomic mass is 16.5. The molecule has 1 heterocycles. The molecule has 0 bridgehead atoms. The first kappa shape index (κ1) is 12.7. The second kappa shape index (κ2) is 5.24. The molecular formula is C12H18N4O2. The number of aromatic nitrogens is 2. The average Bonchev–Trinajstić information content (AvgIpc) is 2.74. The van der Waals surface area contributed by atoms with Crippen LogP contribution in [-0.2, 0) is 4.74 Å². The lowest BCUT2D eigenvalue weighted by atomic mass is 10.2. The molecule has 0 fully saturated rings. The summed E-state index contributed by atoms with van der Waals surface area (Å²) in [5, 5.41) is 17.6. The van der Waals surface area contributed by atoms with Crippen molar-refractivity contribution in [3.63, 3.8) is 0 Å². The highest BCUT2D eigenvalue weighted by molar-refractivity contribution is 5.88. The Morgan fingerprint density at radius 1 is 1.56 bits per heavy atom. The molecule has 0 spiro atoms. The molecule has 6 heteroatoms. The van der Waals surface area contributed by atoms with Crippen LogP contribution >= 0.6 is 0 Å². The van der Waals surface area contributed by atoms with E-state index in [1.807, 2.05) is 24.1 Å². The number of hydrogen-bond acceptors (Lipinski definition) is 5. The van der Waals surface area contributed by atoms with Crippen LogP contribution in [0.3, 0.4) is 0 Å². The highest BCUT2D eigenvalue weighted by Crippen LogP contribution is 2.27. The number of aliphatic hydroxyl groups excluding tert-OH is 1. The topological polar surface area (TPSA) is 87.4 Å². The summed E-state index contributed by atoms with van der Waals surface area (Å²) >= 11 is 0. The normalized spacial score (nSPS) is 12.8. The maximum atomic E-state index is 9.72. The summed E-state index contributed by atoms with van der Waals surface area (Å²) in [6.45, 7) is 0.758. The minimum absolute atomic E-state index is 0.302. The van der Waals surface area contributed by atoms with Gasteiger partial charge in [0.2, 0.25) is 0 Å². The van der Waals surface area contributed by atoms with Gasteiger partial charge in [0.05, 0.1) is 35.8 Å². The van der Waals surface area contributed by atoms with Crippen LogP contribution in [0.15, 0.2) is 18.3 Å². The number of H-pyrrole nitrogens is 1. The van der Waals surface area contributed by atoms with Crippen LogP contribution in [0.1, 0.15) is 0 Å². The van der Waals surface area contributed by atoms with Crippen molar-refractivity contribution in [2.45, 2.75) is 6.10 Å². The third kappa shape index (κ3) is 2.55. The molecule has 98 valence electrons. The largest absolute Gasteiger partial charge is 0.397 e. The highest BCUT2D eigenvalue weighted by Gasteiger charge is 2.12. The van der Waals surface area contributed by atoms with Gasteiger partial charge in [0.1, 0.15) is 0 Å². The number of rotatable bonds is 5. The van der Waals surface area contributed by atoms with Crippen LogP contribution in [0.5, 0.6) is 0 Å². The predicted molar refractivity (Wildman–Crippen MR) is 71.7 cm³/mol. The number of nitrogen functional groups attached to an aromatic ring is 1. The van der Waals surface area contributed by atoms with Crippen molar-refractivity contribution >= 4 is 22.3 Å². The van der Waals surface area contributed by atoms with Gasteiger partial charge in [0, 0.05) is 26.1 Å². The fourth-order valence-electron chi connectivity index (χ4n) is 1.99. The molecule has 2 aromatic rings. The summed E-state index contributed by atoms with van der Waals surface area (Å²) < 4.78 is 4.90. The molecule has 18 heavy (non-hydrogen) atoms. The Morgan fingerprint density at radius 3 is 3.06 bits per heavy atom. The molecular weight excluding hydrogens is 232 g/mol. The Hall–Kier alpha value is -1.79. The first-order chi connectivity index (χ1) is 8.61. The van der Waals surface area contributed by atoms with E-state index in [0.717, 1.165) is 16.6 Å². The Bertz CT molecular complexity index is 526. The van der Waals surface area contributed by atoms with E-state index in [1.54, 1.807) is 13.3 Å². The number of nitrogens with zero attached hydrogens (tertiary/aromatic N) is 2. The minimum atomic E-state index is -0.545. The first-order valence-electron chi connectivity index (χ1n) is 5.72. The van der Waals surface area contributed by atoms with Gasteiger partial charge in [0.15, 0.2) is 0 Å². The summed E-state index contributed by atoms with van der Waals surface area (Å²) in [5.74, 6) is 0. The van der Waals surface area contributed by atoms with Gasteiger partial charge in [-0.05, 0) is 12.1 Å². The lowest BCUT2D eigenvalue weighted by Crippen LogP contribution is -2.32. The molecule has 0 aliphatic rings. The number of aliphatic hydroxyl groups is 1. The van der Waals surface area contributed by atoms with E-state index in [-0.39, 0.29) is 0 Å². The number of fused-ring (bicyclic) bond motifs is 1. The summed E-state index contributed by atoms with van der Waals surface area (Å²) in [6, 6.07) is 3.80. The molecule has 6 nitrogen and oxygen atoms in total. The molecule has 0 radical (unpaired) electrons. The third-order valence-electron chi connectivity index (χ3n) is 2.84. The predicted octanol–water partition coefficient (Wildman–Crippen LogP) is 0.589. The van der Waals surface area contributed by atoms with Crippen LogP contribution in [-0.4, -0.2) is 48.7 Å². The molecule has 1 unspecified atom stereocenters. The summed E-state index contributed by atoms with van der Waals surface area (Å²) in [6.07, 6.45) is 1.19. The van der Waals surface area contributed by atoms with Crippen molar-refractivity contribution in [3.8, 4) is 0 Å². The van der Waals surface area contributed by atoms with Crippen molar-refractivity contribution in [3.05, 3.63) is 18.3 Å². The first-order valence-corrected chi connectivity index (χ1v) is 5.72. The summed E-state index contributed by atoms with van der Waals surface area (Å²) in [7, 11) is 3.45. The van der Waals surface area contributed by atoms with Gasteiger partial charge in [-0.2, -0.15) is 5.10 Å². The zero-order valence-corrected chi connectivity index (χ0v) is 10.6. The van der Waals surface area contributed by atoms with Crippen molar-refractivity contribution < 1.29 is 9.84 Å². The second-order valence-corrected chi connectivity index (χ2v) is 4.36. The number of ether oxygens (including phenoxy) is 1. The second-order valence-electron chi connectivity index (χ2n) is 4.36. The minimum Gasteiger partial charge on any atom is -0.397 e. The van der Waals surface area contributed by atoms with E-state index in [1.165, 1.54) is 0 Å². The quantitative estimate of drug-likeness (QED) is 0.676.